The molecule has 4 heteroatoms. The van der Waals surface area contributed by atoms with Gasteiger partial charge in [0, 0.05) is 18.8 Å². The van der Waals surface area contributed by atoms with E-state index in [4.69, 9.17) is 4.74 Å². The SMILES string of the molecule is COc1ccccc1C=C(C#N)C(=O)c1cccn1C. The summed E-state index contributed by atoms with van der Waals surface area (Å²) in [5.74, 6) is 0.325. The molecule has 2 aromatic rings. The van der Waals surface area contributed by atoms with E-state index in [0.717, 1.165) is 0 Å². The van der Waals surface area contributed by atoms with Crippen molar-refractivity contribution in [1.82, 2.24) is 4.57 Å². The van der Waals surface area contributed by atoms with Gasteiger partial charge >= 0.3 is 0 Å². The molecule has 0 saturated carbocycles. The molecule has 0 N–H and O–H groups in total. The van der Waals surface area contributed by atoms with Crippen LogP contribution in [0.5, 0.6) is 5.75 Å². The number of Topliss-reactive ketones (excluding diaryl/α,β-unsaturated/α-hetero) is 1. The van der Waals surface area contributed by atoms with Crippen molar-refractivity contribution in [3.63, 3.8) is 0 Å². The second kappa shape index (κ2) is 5.89. The van der Waals surface area contributed by atoms with Crippen LogP contribution in [-0.4, -0.2) is 17.5 Å². The number of aromatic nitrogens is 1. The summed E-state index contributed by atoms with van der Waals surface area (Å²) in [6.07, 6.45) is 3.32. The molecule has 0 aliphatic heterocycles. The molecule has 0 saturated heterocycles. The van der Waals surface area contributed by atoms with Crippen LogP contribution in [-0.2, 0) is 7.05 Å². The molecular weight excluding hydrogens is 252 g/mol. The molecule has 0 fully saturated rings. The molecule has 0 spiro atoms. The fourth-order valence-corrected chi connectivity index (χ4v) is 1.92. The summed E-state index contributed by atoms with van der Waals surface area (Å²) in [6.45, 7) is 0. The van der Waals surface area contributed by atoms with Crippen molar-refractivity contribution < 1.29 is 9.53 Å². The van der Waals surface area contributed by atoms with Gasteiger partial charge in [-0.25, -0.2) is 0 Å². The molecule has 100 valence electrons. The largest absolute Gasteiger partial charge is 0.496 e. The molecule has 0 bridgehead atoms. The number of para-hydroxylation sites is 1. The van der Waals surface area contributed by atoms with Gasteiger partial charge in [0.15, 0.2) is 0 Å². The summed E-state index contributed by atoms with van der Waals surface area (Å²) in [5, 5.41) is 9.22. The Hall–Kier alpha value is -2.80. The minimum atomic E-state index is -0.300. The van der Waals surface area contributed by atoms with Gasteiger partial charge in [-0.2, -0.15) is 5.26 Å². The highest BCUT2D eigenvalue weighted by molar-refractivity contribution is 6.13. The molecule has 1 aromatic carbocycles. The first kappa shape index (κ1) is 13.6. The molecular formula is C16H14N2O2. The van der Waals surface area contributed by atoms with E-state index in [2.05, 4.69) is 0 Å². The Morgan fingerprint density at radius 1 is 1.30 bits per heavy atom. The first-order valence-electron chi connectivity index (χ1n) is 6.08. The van der Waals surface area contributed by atoms with E-state index in [9.17, 15) is 10.1 Å². The minimum absolute atomic E-state index is 0.0799. The van der Waals surface area contributed by atoms with Gasteiger partial charge in [0.25, 0.3) is 0 Å². The highest BCUT2D eigenvalue weighted by Crippen LogP contribution is 2.21. The summed E-state index contributed by atoms with van der Waals surface area (Å²) in [5.41, 5.74) is 1.26. The fraction of sp³-hybridized carbons (Fsp3) is 0.125. The number of rotatable bonds is 4. The first-order valence-corrected chi connectivity index (χ1v) is 6.08. The van der Waals surface area contributed by atoms with Crippen LogP contribution in [0.2, 0.25) is 0 Å². The third-order valence-corrected chi connectivity index (χ3v) is 2.98. The average Bonchev–Trinajstić information content (AvgIpc) is 2.90. The van der Waals surface area contributed by atoms with Gasteiger partial charge in [0.05, 0.1) is 12.8 Å². The van der Waals surface area contributed by atoms with Crippen molar-refractivity contribution in [2.45, 2.75) is 0 Å². The maximum atomic E-state index is 12.3. The standard InChI is InChI=1S/C16H14N2O2/c1-18-9-5-7-14(18)16(19)13(11-17)10-12-6-3-4-8-15(12)20-2/h3-10H,1-2H3. The van der Waals surface area contributed by atoms with Gasteiger partial charge in [-0.3, -0.25) is 4.79 Å². The van der Waals surface area contributed by atoms with Crippen LogP contribution in [0.15, 0.2) is 48.2 Å². The Kier molecular flexibility index (Phi) is 4.02. The summed E-state index contributed by atoms with van der Waals surface area (Å²) >= 11 is 0. The maximum absolute atomic E-state index is 12.3. The number of methoxy groups -OCH3 is 1. The molecule has 1 heterocycles. The number of nitrogens with zero attached hydrogens (tertiary/aromatic N) is 2. The lowest BCUT2D eigenvalue weighted by atomic mass is 10.1. The predicted octanol–water partition coefficient (Wildman–Crippen LogP) is 2.82. The number of hydrogen-bond acceptors (Lipinski definition) is 3. The molecule has 1 aromatic heterocycles. The highest BCUT2D eigenvalue weighted by Gasteiger charge is 2.15. The van der Waals surface area contributed by atoms with Crippen LogP contribution >= 0.6 is 0 Å². The van der Waals surface area contributed by atoms with Crippen molar-refractivity contribution in [3.05, 3.63) is 59.4 Å². The summed E-state index contributed by atoms with van der Waals surface area (Å²) < 4.78 is 6.90. The van der Waals surface area contributed by atoms with Crippen molar-refractivity contribution in [1.29, 1.82) is 5.26 Å². The average molecular weight is 266 g/mol. The topological polar surface area (TPSA) is 55.0 Å². The number of carbonyl (C=O) groups is 1. The second-order valence-electron chi connectivity index (χ2n) is 4.25. The van der Waals surface area contributed by atoms with Crippen LogP contribution in [0.3, 0.4) is 0 Å². The van der Waals surface area contributed by atoms with Crippen molar-refractivity contribution >= 4 is 11.9 Å². The monoisotopic (exact) mass is 266 g/mol. The lowest BCUT2D eigenvalue weighted by Gasteiger charge is -2.05. The minimum Gasteiger partial charge on any atom is -0.496 e. The van der Waals surface area contributed by atoms with Crippen LogP contribution in [0, 0.1) is 11.3 Å². The molecule has 0 atom stereocenters. The quantitative estimate of drug-likeness (QED) is 0.486. The van der Waals surface area contributed by atoms with Crippen molar-refractivity contribution in [2.24, 2.45) is 7.05 Å². The maximum Gasteiger partial charge on any atom is 0.219 e. The summed E-state index contributed by atoms with van der Waals surface area (Å²) in [6, 6.07) is 12.7. The van der Waals surface area contributed by atoms with E-state index in [-0.39, 0.29) is 11.4 Å². The number of carbonyl (C=O) groups excluding carboxylic acids is 1. The van der Waals surface area contributed by atoms with Gasteiger partial charge in [-0.05, 0) is 24.3 Å². The predicted molar refractivity (Wildman–Crippen MR) is 76.3 cm³/mol. The number of nitriles is 1. The Labute approximate surface area is 117 Å². The Balaban J connectivity index is 2.43. The molecule has 0 aliphatic rings. The van der Waals surface area contributed by atoms with Gasteiger partial charge < -0.3 is 9.30 Å². The van der Waals surface area contributed by atoms with Crippen molar-refractivity contribution in [3.8, 4) is 11.8 Å². The zero-order chi connectivity index (χ0) is 14.5. The van der Waals surface area contributed by atoms with Crippen LogP contribution in [0.1, 0.15) is 16.1 Å². The molecule has 0 radical (unpaired) electrons. The molecule has 20 heavy (non-hydrogen) atoms. The Morgan fingerprint density at radius 3 is 2.65 bits per heavy atom. The zero-order valence-electron chi connectivity index (χ0n) is 11.3. The lowest BCUT2D eigenvalue weighted by molar-refractivity contribution is 0.103. The van der Waals surface area contributed by atoms with E-state index in [0.29, 0.717) is 17.0 Å². The molecule has 4 nitrogen and oxygen atoms in total. The highest BCUT2D eigenvalue weighted by atomic mass is 16.5. The normalized spacial score (nSPS) is 10.9. The number of ketones is 1. The number of aryl methyl sites for hydroxylation is 1. The van der Waals surface area contributed by atoms with E-state index in [1.807, 2.05) is 18.2 Å². The van der Waals surface area contributed by atoms with E-state index < -0.39 is 0 Å². The number of ether oxygens (including phenoxy) is 1. The number of benzene rings is 1. The zero-order valence-corrected chi connectivity index (χ0v) is 11.3. The van der Waals surface area contributed by atoms with Gasteiger partial charge in [-0.1, -0.05) is 18.2 Å². The van der Waals surface area contributed by atoms with Crippen molar-refractivity contribution in [2.75, 3.05) is 7.11 Å². The fourth-order valence-electron chi connectivity index (χ4n) is 1.92. The van der Waals surface area contributed by atoms with Crippen LogP contribution in [0.25, 0.3) is 6.08 Å². The summed E-state index contributed by atoms with van der Waals surface area (Å²) in [7, 11) is 3.32. The number of allylic oxidation sites excluding steroid dienone is 1. The van der Waals surface area contributed by atoms with Crippen LogP contribution < -0.4 is 4.74 Å². The Bertz CT molecular complexity index is 705. The molecule has 0 aliphatic carbocycles. The van der Waals surface area contributed by atoms with E-state index in [1.165, 1.54) is 0 Å². The van der Waals surface area contributed by atoms with E-state index >= 15 is 0 Å². The number of hydrogen-bond donors (Lipinski definition) is 0. The third-order valence-electron chi connectivity index (χ3n) is 2.98. The van der Waals surface area contributed by atoms with Gasteiger partial charge in [-0.15, -0.1) is 0 Å². The second-order valence-corrected chi connectivity index (χ2v) is 4.25. The van der Waals surface area contributed by atoms with Gasteiger partial charge in [0.1, 0.15) is 17.4 Å². The Morgan fingerprint density at radius 2 is 2.05 bits per heavy atom. The third kappa shape index (κ3) is 2.62. The molecule has 2 rings (SSSR count). The first-order chi connectivity index (χ1) is 9.67. The summed E-state index contributed by atoms with van der Waals surface area (Å²) in [4.78, 5) is 12.3. The lowest BCUT2D eigenvalue weighted by Crippen LogP contribution is -2.07. The van der Waals surface area contributed by atoms with Crippen LogP contribution in [0.4, 0.5) is 0 Å². The smallest absolute Gasteiger partial charge is 0.219 e. The molecule has 0 unspecified atom stereocenters. The molecule has 0 amide bonds. The van der Waals surface area contributed by atoms with Gasteiger partial charge in [0.2, 0.25) is 5.78 Å². The van der Waals surface area contributed by atoms with E-state index in [1.54, 1.807) is 55.3 Å².